The maximum Gasteiger partial charge on any atom is 0.162 e. The first kappa shape index (κ1) is 22.8. The highest BCUT2D eigenvalue weighted by Gasteiger charge is 2.45. The quantitative estimate of drug-likeness (QED) is 0.522. The van der Waals surface area contributed by atoms with Crippen molar-refractivity contribution >= 4 is 17.3 Å². The number of rotatable bonds is 4. The number of nitriles is 1. The van der Waals surface area contributed by atoms with Crippen LogP contribution in [0.3, 0.4) is 0 Å². The SMILES string of the molecule is CCOc1ccccc1[C@H]1C(C#N)=C2N=C(N)c3ccccc3N2C2=C1C(=O)C[C@H](c1ccccc1)C2. The third-order valence-electron chi connectivity index (χ3n) is 7.35. The minimum atomic E-state index is -0.583. The molecule has 6 nitrogen and oxygen atoms in total. The van der Waals surface area contributed by atoms with E-state index in [1.165, 1.54) is 0 Å². The molecule has 2 N–H and O–H groups in total. The number of nitrogens with zero attached hydrogens (tertiary/aromatic N) is 3. The lowest BCUT2D eigenvalue weighted by Gasteiger charge is -2.43. The van der Waals surface area contributed by atoms with Crippen LogP contribution in [0.1, 0.15) is 48.3 Å². The first-order valence-corrected chi connectivity index (χ1v) is 12.5. The average molecular weight is 487 g/mol. The maximum atomic E-state index is 14.1. The van der Waals surface area contributed by atoms with Gasteiger partial charge in [0.25, 0.3) is 0 Å². The number of benzene rings is 3. The van der Waals surface area contributed by atoms with Crippen molar-refractivity contribution in [2.75, 3.05) is 11.5 Å². The topological polar surface area (TPSA) is 91.7 Å². The maximum absolute atomic E-state index is 14.1. The Balaban J connectivity index is 1.63. The van der Waals surface area contributed by atoms with Gasteiger partial charge in [-0.05, 0) is 43.0 Å². The lowest BCUT2D eigenvalue weighted by molar-refractivity contribution is -0.116. The molecule has 3 aromatic carbocycles. The second-order valence-electron chi connectivity index (χ2n) is 9.40. The molecule has 3 aromatic rings. The number of amidine groups is 1. The predicted octanol–water partition coefficient (Wildman–Crippen LogP) is 5.54. The smallest absolute Gasteiger partial charge is 0.162 e. The Labute approximate surface area is 216 Å². The molecule has 2 aliphatic heterocycles. The zero-order chi connectivity index (χ0) is 25.5. The van der Waals surface area contributed by atoms with Gasteiger partial charge in [-0.25, -0.2) is 4.99 Å². The molecular weight excluding hydrogens is 460 g/mol. The van der Waals surface area contributed by atoms with Crippen LogP contribution in [0.5, 0.6) is 5.75 Å². The minimum absolute atomic E-state index is 0.0236. The number of hydrogen-bond donors (Lipinski definition) is 1. The van der Waals surface area contributed by atoms with E-state index in [1.807, 2.05) is 78.6 Å². The van der Waals surface area contributed by atoms with Crippen LogP contribution in [0.15, 0.2) is 107 Å². The molecule has 3 aliphatic rings. The molecule has 182 valence electrons. The summed E-state index contributed by atoms with van der Waals surface area (Å²) in [5.41, 5.74) is 11.9. The van der Waals surface area contributed by atoms with E-state index in [-0.39, 0.29) is 11.7 Å². The molecule has 6 rings (SSSR count). The van der Waals surface area contributed by atoms with Crippen LogP contribution in [-0.2, 0) is 4.79 Å². The molecule has 2 atom stereocenters. The van der Waals surface area contributed by atoms with Crippen molar-refractivity contribution in [1.82, 2.24) is 0 Å². The number of aliphatic imine (C=N–C) groups is 1. The largest absolute Gasteiger partial charge is 0.494 e. The summed E-state index contributed by atoms with van der Waals surface area (Å²) in [6.07, 6.45) is 1.02. The van der Waals surface area contributed by atoms with Gasteiger partial charge >= 0.3 is 0 Å². The Morgan fingerprint density at radius 3 is 2.54 bits per heavy atom. The Bertz CT molecular complexity index is 1540. The van der Waals surface area contributed by atoms with Gasteiger partial charge in [0, 0.05) is 28.8 Å². The van der Waals surface area contributed by atoms with E-state index in [1.54, 1.807) is 0 Å². The second kappa shape index (κ2) is 9.11. The molecule has 1 aliphatic carbocycles. The van der Waals surface area contributed by atoms with Crippen LogP contribution in [0.2, 0.25) is 0 Å². The molecule has 0 amide bonds. The summed E-state index contributed by atoms with van der Waals surface area (Å²) in [7, 11) is 0. The van der Waals surface area contributed by atoms with E-state index in [0.29, 0.717) is 48.0 Å². The van der Waals surface area contributed by atoms with Crippen molar-refractivity contribution in [1.29, 1.82) is 5.26 Å². The van der Waals surface area contributed by atoms with E-state index in [2.05, 4.69) is 18.2 Å². The number of carbonyl (C=O) groups is 1. The first-order valence-electron chi connectivity index (χ1n) is 12.5. The summed E-state index contributed by atoms with van der Waals surface area (Å²) in [4.78, 5) is 20.8. The van der Waals surface area contributed by atoms with Gasteiger partial charge in [0.05, 0.1) is 29.9 Å². The number of para-hydroxylation sites is 2. The van der Waals surface area contributed by atoms with E-state index in [0.717, 1.165) is 28.1 Å². The summed E-state index contributed by atoms with van der Waals surface area (Å²) in [5.74, 6) is 0.982. The van der Waals surface area contributed by atoms with Crippen molar-refractivity contribution in [2.45, 2.75) is 31.6 Å². The lowest BCUT2D eigenvalue weighted by Crippen LogP contribution is -2.40. The molecule has 0 fully saturated rings. The molecular formula is C31H26N4O2. The summed E-state index contributed by atoms with van der Waals surface area (Å²) >= 11 is 0. The number of nitrogens with two attached hydrogens (primary N) is 1. The summed E-state index contributed by atoms with van der Waals surface area (Å²) < 4.78 is 5.96. The number of hydrogen-bond acceptors (Lipinski definition) is 6. The van der Waals surface area contributed by atoms with Gasteiger partial charge in [0.2, 0.25) is 0 Å². The summed E-state index contributed by atoms with van der Waals surface area (Å²) in [5, 5.41) is 10.5. The van der Waals surface area contributed by atoms with Crippen LogP contribution in [0.25, 0.3) is 0 Å². The van der Waals surface area contributed by atoms with Crippen molar-refractivity contribution in [3.8, 4) is 11.8 Å². The molecule has 0 saturated heterocycles. The Hall–Kier alpha value is -4.63. The molecule has 0 radical (unpaired) electrons. The molecule has 6 heteroatoms. The third-order valence-corrected chi connectivity index (χ3v) is 7.35. The van der Waals surface area contributed by atoms with Gasteiger partial charge in [-0.2, -0.15) is 5.26 Å². The molecule has 37 heavy (non-hydrogen) atoms. The standard InChI is InChI=1S/C31H26N4O2/c1-2-37-27-15-9-7-13-22(27)28-23(18-32)31-34-30(33)21-12-6-8-14-24(21)35(31)25-16-20(17-26(36)29(25)28)19-10-4-3-5-11-19/h3-15,20,28H,2,16-17H2,1H3,(H2,33,34)/t20-,28+/m1/s1. The molecule has 0 aromatic heterocycles. The highest BCUT2D eigenvalue weighted by molar-refractivity contribution is 6.08. The zero-order valence-electron chi connectivity index (χ0n) is 20.5. The molecule has 0 unspecified atom stereocenters. The van der Waals surface area contributed by atoms with E-state index < -0.39 is 5.92 Å². The monoisotopic (exact) mass is 486 g/mol. The van der Waals surface area contributed by atoms with Crippen LogP contribution in [0.4, 0.5) is 5.69 Å². The summed E-state index contributed by atoms with van der Waals surface area (Å²) in [6, 6.07) is 27.9. The number of ketones is 1. The van der Waals surface area contributed by atoms with E-state index in [4.69, 9.17) is 15.5 Å². The Kier molecular flexibility index (Phi) is 5.61. The van der Waals surface area contributed by atoms with Crippen molar-refractivity contribution in [3.63, 3.8) is 0 Å². The molecule has 0 saturated carbocycles. The fourth-order valence-corrected chi connectivity index (χ4v) is 5.79. The fraction of sp³-hybridized carbons (Fsp3) is 0.194. The Morgan fingerprint density at radius 2 is 1.76 bits per heavy atom. The average Bonchev–Trinajstić information content (AvgIpc) is 2.93. The van der Waals surface area contributed by atoms with Gasteiger partial charge in [-0.15, -0.1) is 0 Å². The number of fused-ring (bicyclic) bond motifs is 4. The zero-order valence-corrected chi connectivity index (χ0v) is 20.5. The van der Waals surface area contributed by atoms with Gasteiger partial charge in [0.1, 0.15) is 11.6 Å². The fourth-order valence-electron chi connectivity index (χ4n) is 5.79. The molecule has 2 heterocycles. The molecule has 0 spiro atoms. The van der Waals surface area contributed by atoms with Crippen molar-refractivity contribution < 1.29 is 9.53 Å². The van der Waals surface area contributed by atoms with Gasteiger partial charge < -0.3 is 10.5 Å². The van der Waals surface area contributed by atoms with E-state index >= 15 is 0 Å². The number of carbonyl (C=O) groups excluding carboxylic acids is 1. The first-order chi connectivity index (χ1) is 18.1. The van der Waals surface area contributed by atoms with Crippen LogP contribution in [-0.4, -0.2) is 18.2 Å². The van der Waals surface area contributed by atoms with Crippen molar-refractivity contribution in [3.05, 3.63) is 118 Å². The second-order valence-corrected chi connectivity index (χ2v) is 9.40. The van der Waals surface area contributed by atoms with Crippen LogP contribution in [0, 0.1) is 11.3 Å². The predicted molar refractivity (Wildman–Crippen MR) is 143 cm³/mol. The Morgan fingerprint density at radius 1 is 1.03 bits per heavy atom. The number of anilines is 1. The van der Waals surface area contributed by atoms with E-state index in [9.17, 15) is 10.1 Å². The highest BCUT2D eigenvalue weighted by Crippen LogP contribution is 2.52. The van der Waals surface area contributed by atoms with Crippen LogP contribution < -0.4 is 15.4 Å². The van der Waals surface area contributed by atoms with Gasteiger partial charge in [0.15, 0.2) is 11.6 Å². The van der Waals surface area contributed by atoms with Gasteiger partial charge in [-0.3, -0.25) is 9.69 Å². The van der Waals surface area contributed by atoms with Crippen LogP contribution >= 0.6 is 0 Å². The number of ether oxygens (including phenoxy) is 1. The minimum Gasteiger partial charge on any atom is -0.494 e. The highest BCUT2D eigenvalue weighted by atomic mass is 16.5. The number of allylic oxidation sites excluding steroid dienone is 3. The summed E-state index contributed by atoms with van der Waals surface area (Å²) in [6.45, 7) is 2.40. The molecule has 0 bridgehead atoms. The lowest BCUT2D eigenvalue weighted by atomic mass is 9.71. The normalized spacial score (nSPS) is 20.5. The third kappa shape index (κ3) is 3.63. The van der Waals surface area contributed by atoms with Gasteiger partial charge in [-0.1, -0.05) is 60.7 Å². The van der Waals surface area contributed by atoms with Crippen molar-refractivity contribution in [2.24, 2.45) is 10.7 Å². The number of Topliss-reactive ketones (excluding diaryl/α,β-unsaturated/α-hetero) is 1.